The number of ether oxygens (including phenoxy) is 2. The van der Waals surface area contributed by atoms with Crippen molar-refractivity contribution >= 4 is 12.0 Å². The molecule has 6 nitrogen and oxygen atoms in total. The Bertz CT molecular complexity index is 400. The first kappa shape index (κ1) is 17.1. The van der Waals surface area contributed by atoms with Crippen LogP contribution < -0.4 is 0 Å². The molecule has 0 aromatic carbocycles. The summed E-state index contributed by atoms with van der Waals surface area (Å²) in [6.07, 6.45) is 1.34. The summed E-state index contributed by atoms with van der Waals surface area (Å²) < 4.78 is 10.8. The summed E-state index contributed by atoms with van der Waals surface area (Å²) in [6, 6.07) is 0. The molecule has 2 aliphatic rings. The molecule has 2 aliphatic heterocycles. The van der Waals surface area contributed by atoms with Crippen LogP contribution in [0.3, 0.4) is 0 Å². The first-order valence-corrected chi connectivity index (χ1v) is 8.31. The van der Waals surface area contributed by atoms with Gasteiger partial charge in [0.2, 0.25) is 5.91 Å². The van der Waals surface area contributed by atoms with E-state index in [0.717, 1.165) is 12.8 Å². The van der Waals surface area contributed by atoms with Gasteiger partial charge < -0.3 is 19.3 Å². The van der Waals surface area contributed by atoms with Gasteiger partial charge in [0, 0.05) is 32.8 Å². The van der Waals surface area contributed by atoms with Crippen molar-refractivity contribution < 1.29 is 19.1 Å². The average molecular weight is 312 g/mol. The minimum absolute atomic E-state index is 0.00265. The molecular weight excluding hydrogens is 284 g/mol. The van der Waals surface area contributed by atoms with Crippen molar-refractivity contribution in [3.8, 4) is 0 Å². The van der Waals surface area contributed by atoms with E-state index < -0.39 is 0 Å². The average Bonchev–Trinajstić information content (AvgIpc) is 2.76. The zero-order chi connectivity index (χ0) is 16.1. The van der Waals surface area contributed by atoms with Crippen LogP contribution in [0, 0.1) is 11.8 Å². The highest BCUT2D eigenvalue weighted by Crippen LogP contribution is 2.23. The van der Waals surface area contributed by atoms with Crippen LogP contribution in [0.25, 0.3) is 0 Å². The van der Waals surface area contributed by atoms with Crippen LogP contribution in [-0.4, -0.2) is 67.3 Å². The summed E-state index contributed by atoms with van der Waals surface area (Å²) in [7, 11) is 0. The third-order valence-corrected chi connectivity index (χ3v) is 4.30. The second-order valence-electron chi connectivity index (χ2n) is 6.61. The fourth-order valence-corrected chi connectivity index (χ4v) is 2.94. The molecule has 0 spiro atoms. The molecule has 126 valence electrons. The fourth-order valence-electron chi connectivity index (χ4n) is 2.94. The van der Waals surface area contributed by atoms with Crippen molar-refractivity contribution in [2.45, 2.75) is 39.7 Å². The van der Waals surface area contributed by atoms with Gasteiger partial charge in [-0.25, -0.2) is 4.79 Å². The van der Waals surface area contributed by atoms with E-state index in [4.69, 9.17) is 9.47 Å². The van der Waals surface area contributed by atoms with E-state index in [-0.39, 0.29) is 24.0 Å². The highest BCUT2D eigenvalue weighted by atomic mass is 16.6. The third-order valence-electron chi connectivity index (χ3n) is 4.30. The van der Waals surface area contributed by atoms with Crippen LogP contribution in [0.2, 0.25) is 0 Å². The Morgan fingerprint density at radius 3 is 2.50 bits per heavy atom. The number of rotatable bonds is 3. The molecule has 2 rings (SSSR count). The molecule has 0 saturated carbocycles. The van der Waals surface area contributed by atoms with Gasteiger partial charge in [0.1, 0.15) is 0 Å². The molecule has 2 amide bonds. The van der Waals surface area contributed by atoms with Crippen LogP contribution in [0.4, 0.5) is 4.79 Å². The molecule has 0 bridgehead atoms. The predicted molar refractivity (Wildman–Crippen MR) is 82.5 cm³/mol. The van der Waals surface area contributed by atoms with Crippen molar-refractivity contribution in [3.63, 3.8) is 0 Å². The molecule has 2 heterocycles. The second kappa shape index (κ2) is 7.81. The van der Waals surface area contributed by atoms with Crippen LogP contribution >= 0.6 is 0 Å². The van der Waals surface area contributed by atoms with Crippen molar-refractivity contribution in [3.05, 3.63) is 0 Å². The number of amides is 2. The summed E-state index contributed by atoms with van der Waals surface area (Å²) in [5, 5.41) is 0. The van der Waals surface area contributed by atoms with E-state index in [1.54, 1.807) is 4.90 Å². The van der Waals surface area contributed by atoms with E-state index >= 15 is 0 Å². The number of carbonyl (C=O) groups excluding carboxylic acids is 2. The van der Waals surface area contributed by atoms with Gasteiger partial charge >= 0.3 is 6.09 Å². The SMILES string of the molecule is CC(C)COC(=O)N1CCCN(C(=O)C2CCOC2C)CC1. The van der Waals surface area contributed by atoms with Crippen molar-refractivity contribution in [2.75, 3.05) is 39.4 Å². The van der Waals surface area contributed by atoms with E-state index in [1.165, 1.54) is 0 Å². The van der Waals surface area contributed by atoms with Crippen LogP contribution in [0.1, 0.15) is 33.6 Å². The number of nitrogens with zero attached hydrogens (tertiary/aromatic N) is 2. The summed E-state index contributed by atoms with van der Waals surface area (Å²) in [5.41, 5.74) is 0. The molecule has 2 saturated heterocycles. The Kier molecular flexibility index (Phi) is 6.06. The van der Waals surface area contributed by atoms with Gasteiger partial charge in [0.05, 0.1) is 18.6 Å². The van der Waals surface area contributed by atoms with Crippen molar-refractivity contribution in [1.29, 1.82) is 0 Å². The predicted octanol–water partition coefficient (Wildman–Crippen LogP) is 1.74. The highest BCUT2D eigenvalue weighted by Gasteiger charge is 2.34. The maximum Gasteiger partial charge on any atom is 0.409 e. The molecule has 0 aromatic rings. The topological polar surface area (TPSA) is 59.1 Å². The Morgan fingerprint density at radius 1 is 1.18 bits per heavy atom. The monoisotopic (exact) mass is 312 g/mol. The lowest BCUT2D eigenvalue weighted by Crippen LogP contribution is -2.41. The Labute approximate surface area is 132 Å². The van der Waals surface area contributed by atoms with E-state index in [0.29, 0.717) is 45.3 Å². The summed E-state index contributed by atoms with van der Waals surface area (Å²) >= 11 is 0. The molecule has 2 atom stereocenters. The molecular formula is C16H28N2O4. The Morgan fingerprint density at radius 2 is 1.86 bits per heavy atom. The zero-order valence-corrected chi connectivity index (χ0v) is 13.9. The first-order chi connectivity index (χ1) is 10.5. The minimum Gasteiger partial charge on any atom is -0.449 e. The molecule has 0 aliphatic carbocycles. The number of carbonyl (C=O) groups is 2. The largest absolute Gasteiger partial charge is 0.449 e. The normalized spacial score (nSPS) is 26.2. The van der Waals surface area contributed by atoms with E-state index in [9.17, 15) is 9.59 Å². The minimum atomic E-state index is -0.263. The smallest absolute Gasteiger partial charge is 0.409 e. The lowest BCUT2D eigenvalue weighted by Gasteiger charge is -2.25. The lowest BCUT2D eigenvalue weighted by atomic mass is 10.0. The molecule has 0 radical (unpaired) electrons. The van der Waals surface area contributed by atoms with Crippen LogP contribution in [-0.2, 0) is 14.3 Å². The number of hydrogen-bond donors (Lipinski definition) is 0. The van der Waals surface area contributed by atoms with Crippen molar-refractivity contribution in [1.82, 2.24) is 9.80 Å². The Hall–Kier alpha value is -1.30. The molecule has 6 heteroatoms. The van der Waals surface area contributed by atoms with Gasteiger partial charge in [-0.05, 0) is 25.7 Å². The zero-order valence-electron chi connectivity index (χ0n) is 13.9. The van der Waals surface area contributed by atoms with Gasteiger partial charge in [-0.15, -0.1) is 0 Å². The quantitative estimate of drug-likeness (QED) is 0.796. The first-order valence-electron chi connectivity index (χ1n) is 8.31. The Balaban J connectivity index is 1.84. The van der Waals surface area contributed by atoms with Gasteiger partial charge in [-0.3, -0.25) is 4.79 Å². The lowest BCUT2D eigenvalue weighted by molar-refractivity contribution is -0.136. The van der Waals surface area contributed by atoms with Crippen LogP contribution in [0.15, 0.2) is 0 Å². The maximum atomic E-state index is 12.6. The maximum absolute atomic E-state index is 12.6. The van der Waals surface area contributed by atoms with Gasteiger partial charge in [0.15, 0.2) is 0 Å². The van der Waals surface area contributed by atoms with Gasteiger partial charge in [-0.2, -0.15) is 0 Å². The van der Waals surface area contributed by atoms with E-state index in [2.05, 4.69) is 0 Å². The number of hydrogen-bond acceptors (Lipinski definition) is 4. The van der Waals surface area contributed by atoms with Gasteiger partial charge in [0.25, 0.3) is 0 Å². The standard InChI is InChI=1S/C16H28N2O4/c1-12(2)11-22-16(20)18-7-4-6-17(8-9-18)15(19)14-5-10-21-13(14)3/h12-14H,4-11H2,1-3H3. The molecule has 0 N–H and O–H groups in total. The van der Waals surface area contributed by atoms with Crippen LogP contribution in [0.5, 0.6) is 0 Å². The molecule has 2 fully saturated rings. The van der Waals surface area contributed by atoms with E-state index in [1.807, 2.05) is 25.7 Å². The molecule has 2 unspecified atom stereocenters. The second-order valence-corrected chi connectivity index (χ2v) is 6.61. The summed E-state index contributed by atoms with van der Waals surface area (Å²) in [6.45, 7) is 9.58. The highest BCUT2D eigenvalue weighted by molar-refractivity contribution is 5.80. The fraction of sp³-hybridized carbons (Fsp3) is 0.875. The molecule has 0 aromatic heterocycles. The summed E-state index contributed by atoms with van der Waals surface area (Å²) in [5.74, 6) is 0.472. The summed E-state index contributed by atoms with van der Waals surface area (Å²) in [4.78, 5) is 28.2. The van der Waals surface area contributed by atoms with Gasteiger partial charge in [-0.1, -0.05) is 13.8 Å². The molecule has 22 heavy (non-hydrogen) atoms. The third kappa shape index (κ3) is 4.35. The van der Waals surface area contributed by atoms with Crippen molar-refractivity contribution in [2.24, 2.45) is 11.8 Å².